The number of primary amides is 1. The Morgan fingerprint density at radius 2 is 2.24 bits per heavy atom. The second-order valence-electron chi connectivity index (χ2n) is 5.62. The predicted molar refractivity (Wildman–Crippen MR) is 92.1 cm³/mol. The lowest BCUT2D eigenvalue weighted by Gasteiger charge is -2.19. The highest BCUT2D eigenvalue weighted by Gasteiger charge is 2.29. The number of anilines is 1. The van der Waals surface area contributed by atoms with Crippen LogP contribution >= 0.6 is 11.6 Å². The third kappa shape index (κ3) is 3.80. The Bertz CT molecular complexity index is 830. The van der Waals surface area contributed by atoms with E-state index >= 15 is 0 Å². The molecule has 2 aromatic rings. The quantitative estimate of drug-likeness (QED) is 0.645. The lowest BCUT2D eigenvalue weighted by molar-refractivity contribution is -0.385. The Morgan fingerprint density at radius 3 is 2.92 bits per heavy atom. The molecular formula is C16H15ClN4O4. The number of nitrogens with two attached hydrogens (primary N) is 1. The summed E-state index contributed by atoms with van der Waals surface area (Å²) in [5.41, 5.74) is 5.10. The number of aromatic nitrogens is 1. The van der Waals surface area contributed by atoms with Gasteiger partial charge in [-0.1, -0.05) is 17.7 Å². The van der Waals surface area contributed by atoms with Crippen LogP contribution in [-0.4, -0.2) is 35.0 Å². The highest BCUT2D eigenvalue weighted by Crippen LogP contribution is 2.27. The molecule has 1 aromatic heterocycles. The molecule has 2 heterocycles. The number of pyridine rings is 1. The van der Waals surface area contributed by atoms with Gasteiger partial charge in [-0.25, -0.2) is 4.98 Å². The third-order valence-corrected chi connectivity index (χ3v) is 4.11. The van der Waals surface area contributed by atoms with E-state index in [1.54, 1.807) is 18.2 Å². The van der Waals surface area contributed by atoms with E-state index in [1.165, 1.54) is 0 Å². The number of amides is 1. The molecule has 25 heavy (non-hydrogen) atoms. The van der Waals surface area contributed by atoms with Gasteiger partial charge in [-0.05, 0) is 18.2 Å². The zero-order valence-electron chi connectivity index (χ0n) is 13.1. The molecule has 1 fully saturated rings. The molecule has 2 N–H and O–H groups in total. The van der Waals surface area contributed by atoms with Crippen LogP contribution in [0.15, 0.2) is 36.5 Å². The number of ether oxygens (including phenoxy) is 1. The molecule has 1 aliphatic rings. The van der Waals surface area contributed by atoms with Gasteiger partial charge >= 0.3 is 0 Å². The van der Waals surface area contributed by atoms with Gasteiger partial charge in [0.15, 0.2) is 0 Å². The molecule has 1 saturated heterocycles. The molecule has 8 nitrogen and oxygen atoms in total. The van der Waals surface area contributed by atoms with Gasteiger partial charge in [0.1, 0.15) is 23.9 Å². The first-order chi connectivity index (χ1) is 11.9. The Morgan fingerprint density at radius 1 is 1.44 bits per heavy atom. The normalized spacial score (nSPS) is 16.7. The van der Waals surface area contributed by atoms with Crippen LogP contribution < -0.4 is 15.4 Å². The summed E-state index contributed by atoms with van der Waals surface area (Å²) in [5.74, 6) is 0.229. The largest absolute Gasteiger partial charge is 0.488 e. The van der Waals surface area contributed by atoms with Crippen molar-refractivity contribution >= 4 is 29.0 Å². The van der Waals surface area contributed by atoms with Crippen molar-refractivity contribution in [2.75, 3.05) is 18.0 Å². The second-order valence-corrected chi connectivity index (χ2v) is 6.05. The number of hydrogen-bond donors (Lipinski definition) is 1. The molecule has 0 aliphatic carbocycles. The first-order valence-electron chi connectivity index (χ1n) is 7.55. The molecule has 130 valence electrons. The summed E-state index contributed by atoms with van der Waals surface area (Å²) in [5, 5.41) is 11.4. The maximum absolute atomic E-state index is 11.7. The average molecular weight is 363 g/mol. The highest BCUT2D eigenvalue weighted by molar-refractivity contribution is 6.30. The Kier molecular flexibility index (Phi) is 4.71. The van der Waals surface area contributed by atoms with Gasteiger partial charge in [0.05, 0.1) is 17.0 Å². The predicted octanol–water partition coefficient (Wildman–Crippen LogP) is 2.40. The summed E-state index contributed by atoms with van der Waals surface area (Å²) in [6.45, 7) is 1.08. The maximum Gasteiger partial charge on any atom is 0.288 e. The Hall–Kier alpha value is -2.87. The second kappa shape index (κ2) is 6.94. The molecule has 1 amide bonds. The summed E-state index contributed by atoms with van der Waals surface area (Å²) < 4.78 is 5.89. The van der Waals surface area contributed by atoms with Gasteiger partial charge in [-0.15, -0.1) is 0 Å². The van der Waals surface area contributed by atoms with E-state index in [4.69, 9.17) is 22.1 Å². The van der Waals surface area contributed by atoms with Crippen LogP contribution in [0.2, 0.25) is 5.02 Å². The molecule has 1 unspecified atom stereocenters. The number of halogens is 1. The summed E-state index contributed by atoms with van der Waals surface area (Å²) in [6, 6.07) is 8.25. The fraction of sp³-hybridized carbons (Fsp3) is 0.250. The molecular weight excluding hydrogens is 348 g/mol. The molecule has 1 atom stereocenters. The van der Waals surface area contributed by atoms with Crippen molar-refractivity contribution in [3.8, 4) is 5.75 Å². The number of carbonyl (C=O) groups is 1. The van der Waals surface area contributed by atoms with Crippen molar-refractivity contribution in [2.24, 2.45) is 5.73 Å². The van der Waals surface area contributed by atoms with Gasteiger partial charge in [-0.3, -0.25) is 14.9 Å². The van der Waals surface area contributed by atoms with Crippen LogP contribution in [0.4, 0.5) is 11.5 Å². The third-order valence-electron chi connectivity index (χ3n) is 3.87. The van der Waals surface area contributed by atoms with Crippen molar-refractivity contribution in [2.45, 2.75) is 12.5 Å². The molecule has 0 spiro atoms. The molecule has 1 aromatic carbocycles. The van der Waals surface area contributed by atoms with E-state index in [2.05, 4.69) is 4.98 Å². The van der Waals surface area contributed by atoms with E-state index in [0.29, 0.717) is 36.1 Å². The van der Waals surface area contributed by atoms with Gasteiger partial charge in [0, 0.05) is 24.1 Å². The van der Waals surface area contributed by atoms with Crippen molar-refractivity contribution in [3.05, 3.63) is 57.2 Å². The molecule has 0 bridgehead atoms. The summed E-state index contributed by atoms with van der Waals surface area (Å²) in [6.07, 6.45) is 1.72. The zero-order chi connectivity index (χ0) is 18.0. The van der Waals surface area contributed by atoms with E-state index in [9.17, 15) is 14.9 Å². The van der Waals surface area contributed by atoms with Crippen molar-refractivity contribution in [3.63, 3.8) is 0 Å². The number of rotatable bonds is 5. The summed E-state index contributed by atoms with van der Waals surface area (Å²) in [4.78, 5) is 27.8. The number of benzene rings is 1. The number of nitro groups is 1. The molecule has 3 rings (SSSR count). The monoisotopic (exact) mass is 362 g/mol. The van der Waals surface area contributed by atoms with Crippen LogP contribution in [0.3, 0.4) is 0 Å². The van der Waals surface area contributed by atoms with Gasteiger partial charge in [0.25, 0.3) is 11.6 Å². The van der Waals surface area contributed by atoms with Crippen molar-refractivity contribution in [1.82, 2.24) is 4.98 Å². The van der Waals surface area contributed by atoms with Crippen molar-refractivity contribution < 1.29 is 14.5 Å². The maximum atomic E-state index is 11.7. The molecule has 0 saturated carbocycles. The fourth-order valence-corrected chi connectivity index (χ4v) is 2.91. The SMILES string of the molecule is NC(=O)c1cc([N+](=O)[O-])cnc1N1CCC(Oc2cccc(Cl)c2)C1. The van der Waals surface area contributed by atoms with E-state index in [-0.39, 0.29) is 17.4 Å². The topological polar surface area (TPSA) is 112 Å². The first kappa shape index (κ1) is 17.0. The highest BCUT2D eigenvalue weighted by atomic mass is 35.5. The van der Waals surface area contributed by atoms with Gasteiger partial charge in [-0.2, -0.15) is 0 Å². The van der Waals surface area contributed by atoms with Crippen LogP contribution in [-0.2, 0) is 0 Å². The standard InChI is InChI=1S/C16H15ClN4O4/c17-10-2-1-3-12(6-10)25-13-4-5-20(9-13)16-14(15(18)22)7-11(8-19-16)21(23)24/h1-3,6-8,13H,4-5,9H2,(H2,18,22). The minimum atomic E-state index is -0.759. The smallest absolute Gasteiger partial charge is 0.288 e. The Labute approximate surface area is 148 Å². The minimum absolute atomic E-state index is 0.0256. The van der Waals surface area contributed by atoms with Gasteiger partial charge in [0.2, 0.25) is 0 Å². The van der Waals surface area contributed by atoms with Crippen LogP contribution in [0.1, 0.15) is 16.8 Å². The average Bonchev–Trinajstić information content (AvgIpc) is 3.02. The number of hydrogen-bond acceptors (Lipinski definition) is 6. The number of nitrogens with zero attached hydrogens (tertiary/aromatic N) is 3. The van der Waals surface area contributed by atoms with E-state index in [0.717, 1.165) is 12.3 Å². The van der Waals surface area contributed by atoms with E-state index < -0.39 is 10.8 Å². The van der Waals surface area contributed by atoms with Crippen molar-refractivity contribution in [1.29, 1.82) is 0 Å². The summed E-state index contributed by atoms with van der Waals surface area (Å²) >= 11 is 5.94. The minimum Gasteiger partial charge on any atom is -0.488 e. The molecule has 0 radical (unpaired) electrons. The molecule has 9 heteroatoms. The van der Waals surface area contributed by atoms with Crippen LogP contribution in [0.25, 0.3) is 0 Å². The molecule has 1 aliphatic heterocycles. The van der Waals surface area contributed by atoms with Gasteiger partial charge < -0.3 is 15.4 Å². The van der Waals surface area contributed by atoms with Crippen LogP contribution in [0, 0.1) is 10.1 Å². The lowest BCUT2D eigenvalue weighted by Crippen LogP contribution is -2.28. The van der Waals surface area contributed by atoms with Crippen LogP contribution in [0.5, 0.6) is 5.75 Å². The Balaban J connectivity index is 1.77. The van der Waals surface area contributed by atoms with E-state index in [1.807, 2.05) is 11.0 Å². The zero-order valence-corrected chi connectivity index (χ0v) is 13.8. The lowest BCUT2D eigenvalue weighted by atomic mass is 10.2. The fourth-order valence-electron chi connectivity index (χ4n) is 2.73. The first-order valence-corrected chi connectivity index (χ1v) is 7.93. The summed E-state index contributed by atoms with van der Waals surface area (Å²) in [7, 11) is 0. The number of carbonyl (C=O) groups excluding carboxylic acids is 1.